The lowest BCUT2D eigenvalue weighted by atomic mass is 9.92. The van der Waals surface area contributed by atoms with E-state index in [1.807, 2.05) is 0 Å². The highest BCUT2D eigenvalue weighted by atomic mass is 16.3. The third-order valence-corrected chi connectivity index (χ3v) is 2.47. The molecule has 12 heavy (non-hydrogen) atoms. The van der Waals surface area contributed by atoms with Gasteiger partial charge in [-0.05, 0) is 25.8 Å². The summed E-state index contributed by atoms with van der Waals surface area (Å²) in [5, 5.41) is 21.4. The van der Waals surface area contributed by atoms with Gasteiger partial charge in [0.05, 0.1) is 6.10 Å². The fraction of sp³-hybridized carbons (Fsp3) is 1.00. The quantitative estimate of drug-likeness (QED) is 0.535. The van der Waals surface area contributed by atoms with Crippen LogP contribution in [0, 0.1) is 0 Å². The lowest BCUT2D eigenvalue weighted by Crippen LogP contribution is -2.42. The van der Waals surface area contributed by atoms with Crippen molar-refractivity contribution in [3.05, 3.63) is 0 Å². The predicted octanol–water partition coefficient (Wildman–Crippen LogP) is 0.262. The molecule has 0 aromatic heterocycles. The lowest BCUT2D eigenvalue weighted by Gasteiger charge is -2.28. The average molecular weight is 173 g/mol. The maximum Gasteiger partial charge on any atom is 0.0693 e. The van der Waals surface area contributed by atoms with Gasteiger partial charge in [0.2, 0.25) is 0 Å². The monoisotopic (exact) mass is 173 g/mol. The molecule has 1 saturated carbocycles. The van der Waals surface area contributed by atoms with Crippen LogP contribution < -0.4 is 5.32 Å². The Bertz CT molecular complexity index is 119. The number of nitrogens with one attached hydrogen (secondary N) is 1. The van der Waals surface area contributed by atoms with Crippen LogP contribution in [0.2, 0.25) is 0 Å². The molecule has 0 aromatic carbocycles. The molecule has 0 radical (unpaired) electrons. The summed E-state index contributed by atoms with van der Waals surface area (Å²) in [5.41, 5.74) is 0. The maximum absolute atomic E-state index is 9.54. The zero-order chi connectivity index (χ0) is 8.81. The SMILES string of the molecule is OCCCN[C@H]1CCCC[C@@H]1O. The second kappa shape index (κ2) is 5.51. The van der Waals surface area contributed by atoms with Crippen molar-refractivity contribution >= 4 is 0 Å². The van der Waals surface area contributed by atoms with Gasteiger partial charge in [0.25, 0.3) is 0 Å². The Kier molecular flexibility index (Phi) is 4.58. The molecule has 0 saturated heterocycles. The Labute approximate surface area is 73.8 Å². The molecule has 1 rings (SSSR count). The first-order valence-corrected chi connectivity index (χ1v) is 4.87. The van der Waals surface area contributed by atoms with Crippen LogP contribution in [0.4, 0.5) is 0 Å². The largest absolute Gasteiger partial charge is 0.396 e. The fourth-order valence-corrected chi connectivity index (χ4v) is 1.72. The summed E-state index contributed by atoms with van der Waals surface area (Å²) >= 11 is 0. The van der Waals surface area contributed by atoms with Gasteiger partial charge in [-0.1, -0.05) is 12.8 Å². The topological polar surface area (TPSA) is 52.5 Å². The van der Waals surface area contributed by atoms with Gasteiger partial charge in [-0.2, -0.15) is 0 Å². The summed E-state index contributed by atoms with van der Waals surface area (Å²) in [4.78, 5) is 0. The fourth-order valence-electron chi connectivity index (χ4n) is 1.72. The summed E-state index contributed by atoms with van der Waals surface area (Å²) in [7, 11) is 0. The van der Waals surface area contributed by atoms with E-state index >= 15 is 0 Å². The van der Waals surface area contributed by atoms with Gasteiger partial charge in [0.1, 0.15) is 0 Å². The van der Waals surface area contributed by atoms with E-state index in [0.717, 1.165) is 32.2 Å². The van der Waals surface area contributed by atoms with Crippen LogP contribution in [0.5, 0.6) is 0 Å². The minimum Gasteiger partial charge on any atom is -0.396 e. The summed E-state index contributed by atoms with van der Waals surface area (Å²) in [6.07, 6.45) is 4.98. The molecule has 0 amide bonds. The van der Waals surface area contributed by atoms with Gasteiger partial charge in [-0.15, -0.1) is 0 Å². The summed E-state index contributed by atoms with van der Waals surface area (Å²) in [5.74, 6) is 0. The normalized spacial score (nSPS) is 30.5. The maximum atomic E-state index is 9.54. The van der Waals surface area contributed by atoms with Crippen molar-refractivity contribution in [2.75, 3.05) is 13.2 Å². The van der Waals surface area contributed by atoms with E-state index in [9.17, 15) is 5.11 Å². The molecule has 0 heterocycles. The van der Waals surface area contributed by atoms with Crippen LogP contribution in [-0.2, 0) is 0 Å². The summed E-state index contributed by atoms with van der Waals surface area (Å²) in [6.45, 7) is 1.05. The molecule has 2 atom stereocenters. The Morgan fingerprint density at radius 2 is 2.00 bits per heavy atom. The van der Waals surface area contributed by atoms with Crippen molar-refractivity contribution in [1.29, 1.82) is 0 Å². The van der Waals surface area contributed by atoms with E-state index in [-0.39, 0.29) is 18.8 Å². The highest BCUT2D eigenvalue weighted by Crippen LogP contribution is 2.17. The van der Waals surface area contributed by atoms with Crippen LogP contribution in [0.25, 0.3) is 0 Å². The molecular formula is C9H19NO2. The van der Waals surface area contributed by atoms with E-state index in [0.29, 0.717) is 0 Å². The molecule has 3 heteroatoms. The van der Waals surface area contributed by atoms with Crippen LogP contribution in [-0.4, -0.2) is 35.5 Å². The molecule has 0 spiro atoms. The van der Waals surface area contributed by atoms with E-state index in [1.54, 1.807) is 0 Å². The van der Waals surface area contributed by atoms with E-state index < -0.39 is 0 Å². The van der Waals surface area contributed by atoms with Crippen molar-refractivity contribution in [3.63, 3.8) is 0 Å². The summed E-state index contributed by atoms with van der Waals surface area (Å²) in [6, 6.07) is 0.269. The third kappa shape index (κ3) is 3.09. The van der Waals surface area contributed by atoms with Gasteiger partial charge in [0, 0.05) is 12.6 Å². The highest BCUT2D eigenvalue weighted by molar-refractivity contribution is 4.79. The van der Waals surface area contributed by atoms with Gasteiger partial charge < -0.3 is 15.5 Å². The highest BCUT2D eigenvalue weighted by Gasteiger charge is 2.21. The van der Waals surface area contributed by atoms with E-state index in [4.69, 9.17) is 5.11 Å². The number of hydrogen-bond donors (Lipinski definition) is 3. The van der Waals surface area contributed by atoms with Crippen molar-refractivity contribution in [1.82, 2.24) is 5.32 Å². The molecule has 1 fully saturated rings. The van der Waals surface area contributed by atoms with Gasteiger partial charge in [0.15, 0.2) is 0 Å². The van der Waals surface area contributed by atoms with Crippen LogP contribution in [0.1, 0.15) is 32.1 Å². The molecule has 0 bridgehead atoms. The molecule has 1 aliphatic rings. The standard InChI is InChI=1S/C9H19NO2/c11-7-3-6-10-8-4-1-2-5-9(8)12/h8-12H,1-7H2/t8-,9-/m0/s1. The molecular weight excluding hydrogens is 154 g/mol. The van der Waals surface area contributed by atoms with Crippen LogP contribution in [0.15, 0.2) is 0 Å². The number of rotatable bonds is 4. The Morgan fingerprint density at radius 3 is 2.67 bits per heavy atom. The second-order valence-corrected chi connectivity index (χ2v) is 3.49. The zero-order valence-electron chi connectivity index (χ0n) is 7.50. The van der Waals surface area contributed by atoms with Crippen molar-refractivity contribution < 1.29 is 10.2 Å². The molecule has 3 N–H and O–H groups in total. The first kappa shape index (κ1) is 9.96. The molecule has 1 aliphatic carbocycles. The molecule has 72 valence electrons. The van der Waals surface area contributed by atoms with Crippen molar-refractivity contribution in [2.24, 2.45) is 0 Å². The minimum atomic E-state index is -0.169. The lowest BCUT2D eigenvalue weighted by molar-refractivity contribution is 0.0901. The predicted molar refractivity (Wildman–Crippen MR) is 48.0 cm³/mol. The number of aliphatic hydroxyl groups excluding tert-OH is 2. The van der Waals surface area contributed by atoms with Crippen molar-refractivity contribution in [3.8, 4) is 0 Å². The van der Waals surface area contributed by atoms with Gasteiger partial charge in [-0.3, -0.25) is 0 Å². The molecule has 0 unspecified atom stereocenters. The summed E-state index contributed by atoms with van der Waals surface area (Å²) < 4.78 is 0. The van der Waals surface area contributed by atoms with Gasteiger partial charge >= 0.3 is 0 Å². The Morgan fingerprint density at radius 1 is 1.25 bits per heavy atom. The first-order chi connectivity index (χ1) is 5.84. The number of hydrogen-bond acceptors (Lipinski definition) is 3. The average Bonchev–Trinajstić information content (AvgIpc) is 2.09. The number of aliphatic hydroxyl groups is 2. The first-order valence-electron chi connectivity index (χ1n) is 4.87. The van der Waals surface area contributed by atoms with Crippen LogP contribution in [0.3, 0.4) is 0 Å². The molecule has 0 aromatic rings. The smallest absolute Gasteiger partial charge is 0.0693 e. The minimum absolute atomic E-state index is 0.169. The van der Waals surface area contributed by atoms with Gasteiger partial charge in [-0.25, -0.2) is 0 Å². The third-order valence-electron chi connectivity index (χ3n) is 2.47. The Balaban J connectivity index is 2.11. The van der Waals surface area contributed by atoms with E-state index in [2.05, 4.69) is 5.32 Å². The zero-order valence-corrected chi connectivity index (χ0v) is 7.50. The second-order valence-electron chi connectivity index (χ2n) is 3.49. The van der Waals surface area contributed by atoms with E-state index in [1.165, 1.54) is 6.42 Å². The van der Waals surface area contributed by atoms with Crippen LogP contribution >= 0.6 is 0 Å². The Hall–Kier alpha value is -0.120. The van der Waals surface area contributed by atoms with Crippen molar-refractivity contribution in [2.45, 2.75) is 44.2 Å². The molecule has 3 nitrogen and oxygen atoms in total. The molecule has 0 aliphatic heterocycles.